The molecule has 0 spiro atoms. The second-order valence-corrected chi connectivity index (χ2v) is 8.39. The predicted molar refractivity (Wildman–Crippen MR) is 118 cm³/mol. The van der Waals surface area contributed by atoms with Crippen molar-refractivity contribution in [2.75, 3.05) is 13.1 Å². The number of carboxylic acid groups (broad SMARTS) is 1. The van der Waals surface area contributed by atoms with E-state index in [-0.39, 0.29) is 31.2 Å². The lowest BCUT2D eigenvalue weighted by Crippen LogP contribution is -2.45. The number of rotatable bonds is 7. The van der Waals surface area contributed by atoms with Crippen LogP contribution in [0.2, 0.25) is 0 Å². The van der Waals surface area contributed by atoms with Crippen molar-refractivity contribution >= 4 is 29.1 Å². The summed E-state index contributed by atoms with van der Waals surface area (Å²) in [7, 11) is 0. The fraction of sp³-hybridized carbons (Fsp3) is 0.217. The maximum Gasteiger partial charge on any atom is 0.326 e. The summed E-state index contributed by atoms with van der Waals surface area (Å²) in [5.74, 6) is -1.61. The molecule has 1 saturated heterocycles. The van der Waals surface area contributed by atoms with E-state index < -0.39 is 23.8 Å². The molecular weight excluding hydrogens is 449 g/mol. The number of likely N-dealkylation sites (tertiary alicyclic amines) is 1. The minimum Gasteiger partial charge on any atom is -0.480 e. The lowest BCUT2D eigenvalue weighted by molar-refractivity contribution is -0.147. The molecule has 1 aliphatic rings. The maximum absolute atomic E-state index is 13.0. The van der Waals surface area contributed by atoms with Crippen LogP contribution in [0.5, 0.6) is 11.5 Å². The molecule has 1 fully saturated rings. The number of aliphatic carboxylic acids is 1. The van der Waals surface area contributed by atoms with E-state index in [4.69, 9.17) is 4.74 Å². The second kappa shape index (κ2) is 9.78. The van der Waals surface area contributed by atoms with Crippen molar-refractivity contribution in [2.24, 2.45) is 0 Å². The number of nitrogens with one attached hydrogen (secondary N) is 1. The van der Waals surface area contributed by atoms with Crippen molar-refractivity contribution in [3.8, 4) is 11.5 Å². The number of hydrogen-bond acceptors (Lipinski definition) is 6. The van der Waals surface area contributed by atoms with Crippen molar-refractivity contribution in [3.63, 3.8) is 0 Å². The van der Waals surface area contributed by atoms with Crippen LogP contribution in [-0.4, -0.2) is 51.9 Å². The number of carbonyl (C=O) groups is 3. The highest BCUT2D eigenvalue weighted by atomic mass is 32.1. The molecule has 2 unspecified atom stereocenters. The third-order valence-corrected chi connectivity index (χ3v) is 6.21. The summed E-state index contributed by atoms with van der Waals surface area (Å²) < 4.78 is 18.6. The van der Waals surface area contributed by atoms with Gasteiger partial charge >= 0.3 is 5.97 Å². The fourth-order valence-electron chi connectivity index (χ4n) is 3.63. The Kier molecular flexibility index (Phi) is 6.64. The molecule has 2 amide bonds. The molecule has 2 atom stereocenters. The number of hydrogen-bond donors (Lipinski definition) is 2. The Morgan fingerprint density at radius 3 is 2.39 bits per heavy atom. The Balaban J connectivity index is 1.33. The molecular formula is C23H20FN3O5S. The Morgan fingerprint density at radius 2 is 1.79 bits per heavy atom. The van der Waals surface area contributed by atoms with Gasteiger partial charge in [0.1, 0.15) is 23.4 Å². The normalized spacial score (nSPS) is 17.5. The van der Waals surface area contributed by atoms with Gasteiger partial charge in [0.25, 0.3) is 5.91 Å². The summed E-state index contributed by atoms with van der Waals surface area (Å²) in [6.07, 6.45) is 1.94. The molecule has 33 heavy (non-hydrogen) atoms. The lowest BCUT2D eigenvalue weighted by atomic mass is 10.1. The molecule has 10 heteroatoms. The number of nitrogens with zero attached hydrogens (tertiary/aromatic N) is 2. The van der Waals surface area contributed by atoms with Gasteiger partial charge in [-0.25, -0.2) is 14.2 Å². The number of carbonyl (C=O) groups excluding carboxylic acids is 2. The van der Waals surface area contributed by atoms with Gasteiger partial charge in [-0.2, -0.15) is 0 Å². The van der Waals surface area contributed by atoms with E-state index in [2.05, 4.69) is 10.3 Å². The van der Waals surface area contributed by atoms with Gasteiger partial charge in [-0.3, -0.25) is 9.59 Å². The van der Waals surface area contributed by atoms with Crippen molar-refractivity contribution in [3.05, 3.63) is 76.5 Å². The highest BCUT2D eigenvalue weighted by Crippen LogP contribution is 2.33. The monoisotopic (exact) mass is 469 g/mol. The van der Waals surface area contributed by atoms with Crippen molar-refractivity contribution in [1.29, 1.82) is 0 Å². The van der Waals surface area contributed by atoms with Gasteiger partial charge < -0.3 is 20.1 Å². The first-order chi connectivity index (χ1) is 15.9. The van der Waals surface area contributed by atoms with Crippen LogP contribution in [0.15, 0.2) is 60.1 Å². The van der Waals surface area contributed by atoms with E-state index in [0.29, 0.717) is 17.1 Å². The molecule has 2 N–H and O–H groups in total. The van der Waals surface area contributed by atoms with Gasteiger partial charge in [-0.05, 0) is 55.0 Å². The van der Waals surface area contributed by atoms with Crippen LogP contribution in [0.3, 0.4) is 0 Å². The number of benzene rings is 2. The standard InChI is InChI=1S/C23H20FN3O5S/c24-16-3-7-18(8-4-16)32-17-5-1-14(2-6-17)21(29)26-12-20(28)27-13-15(11-19(27)23(30)31)22-25-9-10-33-22/h1-10,15,19H,11-13H2,(H,26,29)(H,30,31). The largest absolute Gasteiger partial charge is 0.480 e. The van der Waals surface area contributed by atoms with Crippen LogP contribution < -0.4 is 10.1 Å². The number of thiazole rings is 1. The molecule has 0 radical (unpaired) electrons. The average Bonchev–Trinajstić information content (AvgIpc) is 3.49. The summed E-state index contributed by atoms with van der Waals surface area (Å²) in [5, 5.41) is 14.7. The van der Waals surface area contributed by atoms with Crippen molar-refractivity contribution in [2.45, 2.75) is 18.4 Å². The number of carboxylic acids is 1. The van der Waals surface area contributed by atoms with E-state index in [1.54, 1.807) is 18.3 Å². The zero-order valence-electron chi connectivity index (χ0n) is 17.3. The van der Waals surface area contributed by atoms with E-state index in [1.165, 1.54) is 52.6 Å². The summed E-state index contributed by atoms with van der Waals surface area (Å²) >= 11 is 1.43. The molecule has 0 bridgehead atoms. The maximum atomic E-state index is 13.0. The molecule has 0 aliphatic carbocycles. The molecule has 2 aromatic carbocycles. The zero-order chi connectivity index (χ0) is 23.4. The third-order valence-electron chi connectivity index (χ3n) is 5.27. The van der Waals surface area contributed by atoms with Crippen molar-refractivity contribution in [1.82, 2.24) is 15.2 Å². The molecule has 4 rings (SSSR count). The fourth-order valence-corrected chi connectivity index (χ4v) is 4.38. The number of aromatic nitrogens is 1. The van der Waals surface area contributed by atoms with Crippen LogP contribution in [0.25, 0.3) is 0 Å². The summed E-state index contributed by atoms with van der Waals surface area (Å²) in [4.78, 5) is 42.3. The quantitative estimate of drug-likeness (QED) is 0.550. The molecule has 170 valence electrons. The molecule has 3 aromatic rings. The van der Waals surface area contributed by atoms with Gasteiger partial charge in [0.15, 0.2) is 0 Å². The topological polar surface area (TPSA) is 109 Å². The van der Waals surface area contributed by atoms with E-state index in [1.807, 2.05) is 5.38 Å². The Morgan fingerprint density at radius 1 is 1.12 bits per heavy atom. The number of halogens is 1. The summed E-state index contributed by atoms with van der Waals surface area (Å²) in [5.41, 5.74) is 0.311. The minimum atomic E-state index is -1.08. The molecule has 2 heterocycles. The first-order valence-electron chi connectivity index (χ1n) is 10.1. The van der Waals surface area contributed by atoms with Gasteiger partial charge in [0, 0.05) is 29.6 Å². The van der Waals surface area contributed by atoms with Crippen LogP contribution in [0.4, 0.5) is 4.39 Å². The molecule has 1 aliphatic heterocycles. The van der Waals surface area contributed by atoms with Gasteiger partial charge in [0.2, 0.25) is 5.91 Å². The third kappa shape index (κ3) is 5.35. The second-order valence-electron chi connectivity index (χ2n) is 7.47. The average molecular weight is 469 g/mol. The predicted octanol–water partition coefficient (Wildman–Crippen LogP) is 3.27. The van der Waals surface area contributed by atoms with E-state index in [0.717, 1.165) is 5.01 Å². The van der Waals surface area contributed by atoms with Crippen LogP contribution in [-0.2, 0) is 9.59 Å². The van der Waals surface area contributed by atoms with Gasteiger partial charge in [-0.15, -0.1) is 11.3 Å². The Labute approximate surface area is 192 Å². The Hall–Kier alpha value is -3.79. The summed E-state index contributed by atoms with van der Waals surface area (Å²) in [6.45, 7) is -0.0738. The highest BCUT2D eigenvalue weighted by Gasteiger charge is 2.41. The molecule has 8 nitrogen and oxygen atoms in total. The van der Waals surface area contributed by atoms with Crippen LogP contribution in [0.1, 0.15) is 27.7 Å². The number of amides is 2. The summed E-state index contributed by atoms with van der Waals surface area (Å²) in [6, 6.07) is 10.8. The van der Waals surface area contributed by atoms with E-state index >= 15 is 0 Å². The first kappa shape index (κ1) is 22.4. The van der Waals surface area contributed by atoms with Gasteiger partial charge in [-0.1, -0.05) is 0 Å². The molecule has 0 saturated carbocycles. The van der Waals surface area contributed by atoms with Crippen LogP contribution in [0, 0.1) is 5.82 Å². The Bertz CT molecular complexity index is 1140. The smallest absolute Gasteiger partial charge is 0.326 e. The number of ether oxygens (including phenoxy) is 1. The minimum absolute atomic E-state index is 0.139. The lowest BCUT2D eigenvalue weighted by Gasteiger charge is -2.21. The van der Waals surface area contributed by atoms with Gasteiger partial charge in [0.05, 0.1) is 11.6 Å². The highest BCUT2D eigenvalue weighted by molar-refractivity contribution is 7.09. The zero-order valence-corrected chi connectivity index (χ0v) is 18.1. The molecule has 1 aromatic heterocycles. The SMILES string of the molecule is O=C(NCC(=O)N1CC(c2nccs2)CC1C(=O)O)c1ccc(Oc2ccc(F)cc2)cc1. The first-order valence-corrected chi connectivity index (χ1v) is 11.0. The van der Waals surface area contributed by atoms with E-state index in [9.17, 15) is 23.9 Å². The van der Waals surface area contributed by atoms with Crippen LogP contribution >= 0.6 is 11.3 Å². The van der Waals surface area contributed by atoms with Crippen molar-refractivity contribution < 1.29 is 28.6 Å².